The van der Waals surface area contributed by atoms with Gasteiger partial charge in [-0.15, -0.1) is 0 Å². The molecular weight excluding hydrogens is 410 g/mol. The molecule has 0 radical (unpaired) electrons. The fourth-order valence-electron chi connectivity index (χ4n) is 3.68. The van der Waals surface area contributed by atoms with Crippen molar-refractivity contribution in [3.8, 4) is 5.75 Å². The van der Waals surface area contributed by atoms with E-state index in [1.165, 1.54) is 22.5 Å². The molecule has 1 saturated heterocycles. The predicted molar refractivity (Wildman–Crippen MR) is 129 cm³/mol. The fourth-order valence-corrected chi connectivity index (χ4v) is 4.70. The van der Waals surface area contributed by atoms with E-state index >= 15 is 0 Å². The van der Waals surface area contributed by atoms with Crippen molar-refractivity contribution in [1.29, 1.82) is 0 Å². The summed E-state index contributed by atoms with van der Waals surface area (Å²) in [5.41, 5.74) is 2.00. The topological polar surface area (TPSA) is 38.3 Å². The molecule has 146 valence electrons. The van der Waals surface area contributed by atoms with E-state index in [0.29, 0.717) is 15.8 Å². The molecule has 0 unspecified atom stereocenters. The van der Waals surface area contributed by atoms with Crippen LogP contribution < -0.4 is 10.1 Å². The third-order valence-electron chi connectivity index (χ3n) is 5.11. The van der Waals surface area contributed by atoms with Crippen molar-refractivity contribution in [2.24, 2.45) is 0 Å². The first kappa shape index (κ1) is 18.9. The quantitative estimate of drug-likeness (QED) is 0.317. The summed E-state index contributed by atoms with van der Waals surface area (Å²) in [4.78, 5) is 12.8. The number of thioether (sulfide) groups is 1. The van der Waals surface area contributed by atoms with Gasteiger partial charge in [0.1, 0.15) is 16.7 Å². The molecule has 0 aromatic heterocycles. The van der Waals surface area contributed by atoms with Gasteiger partial charge >= 0.3 is 0 Å². The summed E-state index contributed by atoms with van der Waals surface area (Å²) in [6.45, 7) is 0.438. The minimum Gasteiger partial charge on any atom is -0.488 e. The number of hydrogen-bond acceptors (Lipinski definition) is 4. The third kappa shape index (κ3) is 3.58. The van der Waals surface area contributed by atoms with Gasteiger partial charge in [0, 0.05) is 5.56 Å². The van der Waals surface area contributed by atoms with E-state index in [-0.39, 0.29) is 5.91 Å². The number of ether oxygens (including phenoxy) is 1. The van der Waals surface area contributed by atoms with Gasteiger partial charge in [-0.25, -0.2) is 0 Å². The maximum atomic E-state index is 12.2. The molecule has 4 aromatic rings. The molecule has 5 rings (SSSR count). The second kappa shape index (κ2) is 7.94. The first-order valence-corrected chi connectivity index (χ1v) is 10.8. The Hall–Kier alpha value is -3.15. The van der Waals surface area contributed by atoms with Crippen LogP contribution in [0.15, 0.2) is 83.8 Å². The number of benzene rings is 4. The minimum atomic E-state index is -0.169. The monoisotopic (exact) mass is 427 g/mol. The highest BCUT2D eigenvalue weighted by Gasteiger charge is 2.23. The van der Waals surface area contributed by atoms with Gasteiger partial charge in [0.25, 0.3) is 5.91 Å². The van der Waals surface area contributed by atoms with Crippen LogP contribution in [0.1, 0.15) is 11.1 Å². The lowest BCUT2D eigenvalue weighted by Crippen LogP contribution is -2.17. The third-order valence-corrected chi connectivity index (χ3v) is 6.27. The average Bonchev–Trinajstić information content (AvgIpc) is 3.09. The second-order valence-corrected chi connectivity index (χ2v) is 8.70. The number of rotatable bonds is 4. The van der Waals surface area contributed by atoms with E-state index in [4.69, 9.17) is 17.0 Å². The summed E-state index contributed by atoms with van der Waals surface area (Å²) >= 11 is 6.42. The van der Waals surface area contributed by atoms with Crippen LogP contribution in [0, 0.1) is 0 Å². The molecule has 1 heterocycles. The Kier molecular flexibility index (Phi) is 4.99. The Bertz CT molecular complexity index is 1340. The van der Waals surface area contributed by atoms with Crippen molar-refractivity contribution >= 4 is 61.8 Å². The van der Waals surface area contributed by atoms with Crippen LogP contribution in [-0.2, 0) is 11.4 Å². The predicted octanol–water partition coefficient (Wildman–Crippen LogP) is 6.06. The van der Waals surface area contributed by atoms with E-state index < -0.39 is 0 Å². The van der Waals surface area contributed by atoms with Crippen LogP contribution in [0.4, 0.5) is 0 Å². The van der Waals surface area contributed by atoms with E-state index in [9.17, 15) is 4.79 Å². The zero-order valence-electron chi connectivity index (χ0n) is 15.9. The van der Waals surface area contributed by atoms with Gasteiger partial charge in [-0.3, -0.25) is 4.79 Å². The molecule has 1 aliphatic heterocycles. The van der Waals surface area contributed by atoms with E-state index in [1.54, 1.807) is 0 Å². The first-order chi connectivity index (χ1) is 14.7. The van der Waals surface area contributed by atoms with Crippen molar-refractivity contribution in [2.75, 3.05) is 0 Å². The van der Waals surface area contributed by atoms with Crippen LogP contribution >= 0.6 is 24.0 Å². The summed E-state index contributed by atoms with van der Waals surface area (Å²) in [6.07, 6.45) is 1.88. The van der Waals surface area contributed by atoms with Gasteiger partial charge in [-0.05, 0) is 39.3 Å². The standard InChI is InChI=1S/C25H17NO2S2/c27-24-23(30-25(29)26-24)14-21-20-11-4-2-7-17(20)12-13-22(21)28-15-18-9-5-8-16-6-1-3-10-19(16)18/h1-14H,15H2,(H,26,27,29)/b23-14-. The van der Waals surface area contributed by atoms with Crippen molar-refractivity contribution in [2.45, 2.75) is 6.61 Å². The molecule has 0 aliphatic carbocycles. The number of amides is 1. The molecule has 5 heteroatoms. The van der Waals surface area contributed by atoms with Crippen molar-refractivity contribution in [1.82, 2.24) is 5.32 Å². The summed E-state index contributed by atoms with van der Waals surface area (Å²) in [5.74, 6) is 0.568. The number of carbonyl (C=O) groups excluding carboxylic acids is 1. The first-order valence-electron chi connectivity index (χ1n) is 9.55. The lowest BCUT2D eigenvalue weighted by molar-refractivity contribution is -0.115. The molecule has 1 N–H and O–H groups in total. The number of thiocarbonyl (C=S) groups is 1. The molecule has 0 spiro atoms. The van der Waals surface area contributed by atoms with E-state index in [0.717, 1.165) is 27.6 Å². The van der Waals surface area contributed by atoms with Crippen molar-refractivity contribution in [3.05, 3.63) is 94.9 Å². The highest BCUT2D eigenvalue weighted by Crippen LogP contribution is 2.34. The minimum absolute atomic E-state index is 0.169. The van der Waals surface area contributed by atoms with Gasteiger partial charge in [-0.2, -0.15) is 0 Å². The van der Waals surface area contributed by atoms with Gasteiger partial charge in [0.2, 0.25) is 0 Å². The molecule has 0 atom stereocenters. The van der Waals surface area contributed by atoms with Crippen LogP contribution in [0.3, 0.4) is 0 Å². The Morgan fingerprint density at radius 2 is 1.57 bits per heavy atom. The Morgan fingerprint density at radius 3 is 2.33 bits per heavy atom. The average molecular weight is 428 g/mol. The van der Waals surface area contributed by atoms with Crippen LogP contribution in [0.2, 0.25) is 0 Å². The maximum absolute atomic E-state index is 12.2. The van der Waals surface area contributed by atoms with E-state index in [2.05, 4.69) is 35.6 Å². The van der Waals surface area contributed by atoms with Gasteiger partial charge in [-0.1, -0.05) is 96.8 Å². The molecule has 30 heavy (non-hydrogen) atoms. The zero-order chi connectivity index (χ0) is 20.5. The molecule has 1 aliphatic rings. The Balaban J connectivity index is 1.56. The van der Waals surface area contributed by atoms with Crippen LogP contribution in [0.25, 0.3) is 27.6 Å². The van der Waals surface area contributed by atoms with Gasteiger partial charge in [0.15, 0.2) is 0 Å². The molecule has 1 fully saturated rings. The second-order valence-electron chi connectivity index (χ2n) is 6.98. The number of nitrogens with one attached hydrogen (secondary N) is 1. The largest absolute Gasteiger partial charge is 0.488 e. The highest BCUT2D eigenvalue weighted by atomic mass is 32.2. The molecule has 3 nitrogen and oxygen atoms in total. The van der Waals surface area contributed by atoms with Crippen molar-refractivity contribution in [3.63, 3.8) is 0 Å². The Morgan fingerprint density at radius 1 is 0.867 bits per heavy atom. The lowest BCUT2D eigenvalue weighted by Gasteiger charge is -2.14. The van der Waals surface area contributed by atoms with Crippen LogP contribution in [0.5, 0.6) is 5.75 Å². The molecular formula is C25H17NO2S2. The maximum Gasteiger partial charge on any atom is 0.263 e. The normalized spacial score (nSPS) is 15.1. The SMILES string of the molecule is O=C1NC(=S)S/C1=C\c1c(OCc2cccc3ccccc23)ccc2ccccc12. The lowest BCUT2D eigenvalue weighted by atomic mass is 10.0. The summed E-state index contributed by atoms with van der Waals surface area (Å²) in [5, 5.41) is 7.17. The molecule has 0 bridgehead atoms. The highest BCUT2D eigenvalue weighted by molar-refractivity contribution is 8.26. The zero-order valence-corrected chi connectivity index (χ0v) is 17.6. The summed E-state index contributed by atoms with van der Waals surface area (Å²) in [6, 6.07) is 26.6. The fraction of sp³-hybridized carbons (Fsp3) is 0.0400. The summed E-state index contributed by atoms with van der Waals surface area (Å²) < 4.78 is 6.77. The number of hydrogen-bond donors (Lipinski definition) is 1. The molecule has 0 saturated carbocycles. The van der Waals surface area contributed by atoms with Crippen LogP contribution in [-0.4, -0.2) is 10.2 Å². The smallest absolute Gasteiger partial charge is 0.263 e. The molecule has 4 aromatic carbocycles. The summed E-state index contributed by atoms with van der Waals surface area (Å²) in [7, 11) is 0. The number of carbonyl (C=O) groups is 1. The van der Waals surface area contributed by atoms with Crippen molar-refractivity contribution < 1.29 is 9.53 Å². The van der Waals surface area contributed by atoms with Gasteiger partial charge < -0.3 is 10.1 Å². The Labute approximate surface area is 183 Å². The molecule has 1 amide bonds. The number of fused-ring (bicyclic) bond motifs is 2. The van der Waals surface area contributed by atoms with Gasteiger partial charge in [0.05, 0.1) is 4.91 Å². The van der Waals surface area contributed by atoms with E-state index in [1.807, 2.05) is 54.6 Å².